The molecule has 0 saturated carbocycles. The molecule has 17 heavy (non-hydrogen) atoms. The van der Waals surface area contributed by atoms with Gasteiger partial charge >= 0.3 is 0 Å². The molecule has 0 radical (unpaired) electrons. The molecule has 1 atom stereocenters. The summed E-state index contributed by atoms with van der Waals surface area (Å²) >= 11 is 5.80. The van der Waals surface area contributed by atoms with Crippen molar-refractivity contribution in [1.29, 1.82) is 0 Å². The van der Waals surface area contributed by atoms with E-state index in [0.29, 0.717) is 0 Å². The van der Waals surface area contributed by atoms with Gasteiger partial charge in [-0.15, -0.1) is 0 Å². The minimum Gasteiger partial charge on any atom is -0.322 e. The molecule has 2 N–H and O–H groups in total. The highest BCUT2D eigenvalue weighted by Gasteiger charge is 2.12. The number of para-hydroxylation sites is 1. The summed E-state index contributed by atoms with van der Waals surface area (Å²) in [5.74, 6) is -0.785. The Labute approximate surface area is 105 Å². The van der Waals surface area contributed by atoms with E-state index in [2.05, 4.69) is 10.6 Å². The average molecular weight is 259 g/mol. The molecule has 1 rings (SSSR count). The van der Waals surface area contributed by atoms with E-state index in [1.54, 1.807) is 0 Å². The van der Waals surface area contributed by atoms with Gasteiger partial charge in [0, 0.05) is 12.5 Å². The third-order valence-electron chi connectivity index (χ3n) is 2.27. The van der Waals surface area contributed by atoms with E-state index >= 15 is 0 Å². The molecule has 1 amide bonds. The Kier molecular flexibility index (Phi) is 5.38. The van der Waals surface area contributed by atoms with Crippen LogP contribution in [0.15, 0.2) is 18.2 Å². The standard InChI is InChI=1S/C12H16ClFN2O/c1-3-15-8(2)7-11(17)16-12-9(13)5-4-6-10(12)14/h4-6,8,15H,3,7H2,1-2H3,(H,16,17). The number of hydrogen-bond donors (Lipinski definition) is 2. The van der Waals surface area contributed by atoms with E-state index in [4.69, 9.17) is 11.6 Å². The van der Waals surface area contributed by atoms with E-state index in [-0.39, 0.29) is 29.1 Å². The summed E-state index contributed by atoms with van der Waals surface area (Å²) in [4.78, 5) is 11.6. The van der Waals surface area contributed by atoms with Crippen LogP contribution in [0.4, 0.5) is 10.1 Å². The Morgan fingerprint density at radius 1 is 1.53 bits per heavy atom. The second-order valence-corrected chi connectivity index (χ2v) is 4.21. The maximum absolute atomic E-state index is 13.4. The summed E-state index contributed by atoms with van der Waals surface area (Å²) in [7, 11) is 0. The predicted octanol–water partition coefficient (Wildman–Crippen LogP) is 2.81. The second-order valence-electron chi connectivity index (χ2n) is 3.81. The number of carbonyl (C=O) groups is 1. The average Bonchev–Trinajstić information content (AvgIpc) is 2.24. The number of halogens is 2. The highest BCUT2D eigenvalue weighted by atomic mass is 35.5. The molecule has 3 nitrogen and oxygen atoms in total. The zero-order chi connectivity index (χ0) is 12.8. The van der Waals surface area contributed by atoms with Gasteiger partial charge in [-0.3, -0.25) is 4.79 Å². The summed E-state index contributed by atoms with van der Waals surface area (Å²) in [6, 6.07) is 4.34. The molecular weight excluding hydrogens is 243 g/mol. The van der Waals surface area contributed by atoms with Gasteiger partial charge in [-0.1, -0.05) is 24.6 Å². The van der Waals surface area contributed by atoms with Gasteiger partial charge in [0.1, 0.15) is 5.82 Å². The van der Waals surface area contributed by atoms with Crippen LogP contribution in [0.2, 0.25) is 5.02 Å². The summed E-state index contributed by atoms with van der Waals surface area (Å²) in [5.41, 5.74) is 0.0443. The molecule has 1 aromatic rings. The SMILES string of the molecule is CCNC(C)CC(=O)Nc1c(F)cccc1Cl. The van der Waals surface area contributed by atoms with Gasteiger partial charge in [0.25, 0.3) is 0 Å². The maximum Gasteiger partial charge on any atom is 0.226 e. The number of nitrogens with one attached hydrogen (secondary N) is 2. The highest BCUT2D eigenvalue weighted by molar-refractivity contribution is 6.33. The van der Waals surface area contributed by atoms with Crippen molar-refractivity contribution >= 4 is 23.2 Å². The Morgan fingerprint density at radius 3 is 2.82 bits per heavy atom. The molecule has 0 aromatic heterocycles. The third kappa shape index (κ3) is 4.32. The van der Waals surface area contributed by atoms with Gasteiger partial charge in [0.2, 0.25) is 5.91 Å². The van der Waals surface area contributed by atoms with Gasteiger partial charge in [0.05, 0.1) is 10.7 Å². The molecule has 94 valence electrons. The Bertz CT molecular complexity index is 378. The van der Waals surface area contributed by atoms with E-state index in [1.807, 2.05) is 13.8 Å². The molecule has 0 heterocycles. The van der Waals surface area contributed by atoms with Crippen LogP contribution in [0.25, 0.3) is 0 Å². The first kappa shape index (κ1) is 13.9. The number of hydrogen-bond acceptors (Lipinski definition) is 2. The number of benzene rings is 1. The lowest BCUT2D eigenvalue weighted by Gasteiger charge is -2.13. The van der Waals surface area contributed by atoms with Gasteiger partial charge < -0.3 is 10.6 Å². The summed E-state index contributed by atoms with van der Waals surface area (Å²) < 4.78 is 13.4. The second kappa shape index (κ2) is 6.57. The minimum atomic E-state index is -0.526. The predicted molar refractivity (Wildman–Crippen MR) is 67.8 cm³/mol. The first-order valence-electron chi connectivity index (χ1n) is 5.51. The lowest BCUT2D eigenvalue weighted by atomic mass is 10.2. The van der Waals surface area contributed by atoms with E-state index in [1.165, 1.54) is 18.2 Å². The van der Waals surface area contributed by atoms with Crippen LogP contribution in [-0.4, -0.2) is 18.5 Å². The van der Waals surface area contributed by atoms with E-state index in [0.717, 1.165) is 6.54 Å². The number of rotatable bonds is 5. The summed E-state index contributed by atoms with van der Waals surface area (Å²) in [6.45, 7) is 4.64. The lowest BCUT2D eigenvalue weighted by Crippen LogP contribution is -2.30. The Balaban J connectivity index is 2.62. The highest BCUT2D eigenvalue weighted by Crippen LogP contribution is 2.24. The fourth-order valence-corrected chi connectivity index (χ4v) is 1.72. The van der Waals surface area contributed by atoms with Crippen LogP contribution in [0.3, 0.4) is 0 Å². The largest absolute Gasteiger partial charge is 0.322 e. The molecular formula is C12H16ClFN2O. The van der Waals surface area contributed by atoms with Crippen molar-refractivity contribution in [2.75, 3.05) is 11.9 Å². The van der Waals surface area contributed by atoms with Crippen LogP contribution in [0.1, 0.15) is 20.3 Å². The molecule has 1 unspecified atom stereocenters. The van der Waals surface area contributed by atoms with Crippen molar-refractivity contribution in [2.45, 2.75) is 26.3 Å². The number of carbonyl (C=O) groups excluding carboxylic acids is 1. The number of amides is 1. The van der Waals surface area contributed by atoms with Gasteiger partial charge in [-0.05, 0) is 25.6 Å². The van der Waals surface area contributed by atoms with Crippen molar-refractivity contribution < 1.29 is 9.18 Å². The lowest BCUT2D eigenvalue weighted by molar-refractivity contribution is -0.116. The monoisotopic (exact) mass is 258 g/mol. The smallest absolute Gasteiger partial charge is 0.226 e. The van der Waals surface area contributed by atoms with Gasteiger partial charge in [-0.25, -0.2) is 4.39 Å². The van der Waals surface area contributed by atoms with Crippen LogP contribution < -0.4 is 10.6 Å². The molecule has 0 spiro atoms. The maximum atomic E-state index is 13.4. The van der Waals surface area contributed by atoms with Crippen LogP contribution in [-0.2, 0) is 4.79 Å². The molecule has 0 aliphatic rings. The van der Waals surface area contributed by atoms with Crippen molar-refractivity contribution in [2.24, 2.45) is 0 Å². The topological polar surface area (TPSA) is 41.1 Å². The van der Waals surface area contributed by atoms with Crippen LogP contribution in [0, 0.1) is 5.82 Å². The molecule has 0 saturated heterocycles. The third-order valence-corrected chi connectivity index (χ3v) is 2.59. The molecule has 0 fully saturated rings. The Hall–Kier alpha value is -1.13. The molecule has 0 aliphatic heterocycles. The van der Waals surface area contributed by atoms with E-state index in [9.17, 15) is 9.18 Å². The summed E-state index contributed by atoms with van der Waals surface area (Å²) in [6.07, 6.45) is 0.276. The zero-order valence-corrected chi connectivity index (χ0v) is 10.6. The molecule has 5 heteroatoms. The van der Waals surface area contributed by atoms with Crippen molar-refractivity contribution in [3.05, 3.63) is 29.0 Å². The fourth-order valence-electron chi connectivity index (χ4n) is 1.51. The quantitative estimate of drug-likeness (QED) is 0.853. The molecule has 1 aromatic carbocycles. The van der Waals surface area contributed by atoms with Gasteiger partial charge in [-0.2, -0.15) is 0 Å². The van der Waals surface area contributed by atoms with Crippen molar-refractivity contribution in [1.82, 2.24) is 5.32 Å². The first-order valence-corrected chi connectivity index (χ1v) is 5.89. The molecule has 0 bridgehead atoms. The fraction of sp³-hybridized carbons (Fsp3) is 0.417. The Morgan fingerprint density at radius 2 is 2.24 bits per heavy atom. The normalized spacial score (nSPS) is 12.2. The van der Waals surface area contributed by atoms with Crippen molar-refractivity contribution in [3.63, 3.8) is 0 Å². The zero-order valence-electron chi connectivity index (χ0n) is 9.89. The number of anilines is 1. The van der Waals surface area contributed by atoms with E-state index < -0.39 is 5.82 Å². The van der Waals surface area contributed by atoms with Crippen LogP contribution >= 0.6 is 11.6 Å². The minimum absolute atomic E-state index is 0.0443. The first-order chi connectivity index (χ1) is 8.04. The van der Waals surface area contributed by atoms with Gasteiger partial charge in [0.15, 0.2) is 0 Å². The van der Waals surface area contributed by atoms with Crippen molar-refractivity contribution in [3.8, 4) is 0 Å². The molecule has 0 aliphatic carbocycles. The summed E-state index contributed by atoms with van der Waals surface area (Å²) in [5, 5.41) is 5.79. The van der Waals surface area contributed by atoms with Crippen LogP contribution in [0.5, 0.6) is 0 Å².